The molecular formula is C15H23N3O2. The number of hydrogen-bond acceptors (Lipinski definition) is 4. The van der Waals surface area contributed by atoms with Gasteiger partial charge in [0.25, 0.3) is 0 Å². The molecule has 5 nitrogen and oxygen atoms in total. The normalized spacial score (nSPS) is 18.9. The molecule has 0 aliphatic carbocycles. The summed E-state index contributed by atoms with van der Waals surface area (Å²) in [7, 11) is 2.08. The van der Waals surface area contributed by atoms with Crippen molar-refractivity contribution in [3.63, 3.8) is 0 Å². The second-order valence-corrected chi connectivity index (χ2v) is 5.29. The molecule has 0 amide bonds. The Balaban J connectivity index is 2.04. The van der Waals surface area contributed by atoms with Crippen LogP contribution in [0.4, 0.5) is 0 Å². The topological polar surface area (TPSA) is 55.8 Å². The lowest BCUT2D eigenvalue weighted by Crippen LogP contribution is -2.52. The van der Waals surface area contributed by atoms with E-state index in [0.29, 0.717) is 0 Å². The summed E-state index contributed by atoms with van der Waals surface area (Å²) in [5.41, 5.74) is 5.16. The van der Waals surface area contributed by atoms with Crippen molar-refractivity contribution in [2.45, 2.75) is 19.4 Å². The van der Waals surface area contributed by atoms with Gasteiger partial charge in [-0.1, -0.05) is 31.2 Å². The molecule has 0 saturated carbocycles. The van der Waals surface area contributed by atoms with Crippen molar-refractivity contribution in [2.75, 3.05) is 33.2 Å². The van der Waals surface area contributed by atoms with E-state index >= 15 is 0 Å². The number of piperazine rings is 1. The number of hydrazine groups is 1. The Bertz CT molecular complexity index is 439. The summed E-state index contributed by atoms with van der Waals surface area (Å²) < 4.78 is 0. The van der Waals surface area contributed by atoms with Gasteiger partial charge < -0.3 is 10.0 Å². The van der Waals surface area contributed by atoms with E-state index < -0.39 is 12.0 Å². The number of aryl methyl sites for hydroxylation is 1. The van der Waals surface area contributed by atoms with Crippen LogP contribution in [0.1, 0.15) is 24.1 Å². The Morgan fingerprint density at radius 1 is 1.25 bits per heavy atom. The SMILES string of the molecule is CCc1ccc(C(NN2CCN(C)CC2)C(=O)O)cc1. The number of carboxylic acid groups (broad SMARTS) is 1. The monoisotopic (exact) mass is 277 g/mol. The van der Waals surface area contributed by atoms with Crippen LogP contribution in [-0.4, -0.2) is 54.2 Å². The molecule has 1 heterocycles. The van der Waals surface area contributed by atoms with Crippen LogP contribution in [0, 0.1) is 0 Å². The van der Waals surface area contributed by atoms with Gasteiger partial charge in [-0.25, -0.2) is 10.4 Å². The van der Waals surface area contributed by atoms with Crippen LogP contribution in [-0.2, 0) is 11.2 Å². The summed E-state index contributed by atoms with van der Waals surface area (Å²) in [6, 6.07) is 7.12. The molecule has 1 atom stereocenters. The van der Waals surface area contributed by atoms with Crippen LogP contribution in [0.5, 0.6) is 0 Å². The van der Waals surface area contributed by atoms with E-state index in [1.807, 2.05) is 29.3 Å². The molecule has 20 heavy (non-hydrogen) atoms. The standard InChI is InChI=1S/C15H23N3O2/c1-3-12-4-6-13(7-5-12)14(15(19)20)16-18-10-8-17(2)9-11-18/h4-7,14,16H,3,8-11H2,1-2H3,(H,19,20). The maximum absolute atomic E-state index is 11.5. The average molecular weight is 277 g/mol. The molecule has 1 unspecified atom stereocenters. The number of aliphatic carboxylic acids is 1. The second-order valence-electron chi connectivity index (χ2n) is 5.29. The highest BCUT2D eigenvalue weighted by molar-refractivity contribution is 5.75. The van der Waals surface area contributed by atoms with Gasteiger partial charge in [0, 0.05) is 26.2 Å². The maximum atomic E-state index is 11.5. The Hall–Kier alpha value is -1.43. The van der Waals surface area contributed by atoms with Gasteiger partial charge >= 0.3 is 5.97 Å². The predicted octanol–water partition coefficient (Wildman–Crippen LogP) is 1.13. The quantitative estimate of drug-likeness (QED) is 0.845. The molecule has 1 saturated heterocycles. The fraction of sp³-hybridized carbons (Fsp3) is 0.533. The van der Waals surface area contributed by atoms with Crippen molar-refractivity contribution < 1.29 is 9.90 Å². The number of carbonyl (C=O) groups is 1. The zero-order valence-electron chi connectivity index (χ0n) is 12.2. The number of nitrogens with zero attached hydrogens (tertiary/aromatic N) is 2. The highest BCUT2D eigenvalue weighted by atomic mass is 16.4. The average Bonchev–Trinajstić information content (AvgIpc) is 2.46. The Kier molecular flexibility index (Phi) is 5.11. The summed E-state index contributed by atoms with van der Waals surface area (Å²) in [5, 5.41) is 11.4. The van der Waals surface area contributed by atoms with Crippen molar-refractivity contribution in [3.05, 3.63) is 35.4 Å². The largest absolute Gasteiger partial charge is 0.480 e. The first-order valence-electron chi connectivity index (χ1n) is 7.11. The summed E-state index contributed by atoms with van der Waals surface area (Å²) in [6.45, 7) is 5.68. The van der Waals surface area contributed by atoms with Crippen LogP contribution in [0.3, 0.4) is 0 Å². The molecular weight excluding hydrogens is 254 g/mol. The van der Waals surface area contributed by atoms with Gasteiger partial charge in [0.05, 0.1) is 0 Å². The van der Waals surface area contributed by atoms with Gasteiger partial charge in [-0.15, -0.1) is 0 Å². The number of likely N-dealkylation sites (N-methyl/N-ethyl adjacent to an activating group) is 1. The number of hydrogen-bond donors (Lipinski definition) is 2. The third-order valence-corrected chi connectivity index (χ3v) is 3.78. The number of benzene rings is 1. The van der Waals surface area contributed by atoms with Gasteiger partial charge in [-0.2, -0.15) is 0 Å². The molecule has 1 aromatic carbocycles. The van der Waals surface area contributed by atoms with Crippen molar-refractivity contribution in [1.29, 1.82) is 0 Å². The second kappa shape index (κ2) is 6.83. The van der Waals surface area contributed by atoms with Gasteiger partial charge in [0.1, 0.15) is 6.04 Å². The summed E-state index contributed by atoms with van der Waals surface area (Å²) in [6.07, 6.45) is 0.962. The van der Waals surface area contributed by atoms with E-state index in [0.717, 1.165) is 38.2 Å². The van der Waals surface area contributed by atoms with Crippen LogP contribution < -0.4 is 5.43 Å². The minimum atomic E-state index is -0.840. The highest BCUT2D eigenvalue weighted by Gasteiger charge is 2.24. The zero-order valence-corrected chi connectivity index (χ0v) is 12.2. The lowest BCUT2D eigenvalue weighted by Gasteiger charge is -2.34. The van der Waals surface area contributed by atoms with E-state index in [2.05, 4.69) is 24.3 Å². The van der Waals surface area contributed by atoms with Crippen molar-refractivity contribution >= 4 is 5.97 Å². The third kappa shape index (κ3) is 3.79. The van der Waals surface area contributed by atoms with Gasteiger partial charge in [-0.05, 0) is 24.6 Å². The zero-order chi connectivity index (χ0) is 14.5. The first-order chi connectivity index (χ1) is 9.60. The van der Waals surface area contributed by atoms with Gasteiger partial charge in [-0.3, -0.25) is 4.79 Å². The fourth-order valence-corrected chi connectivity index (χ4v) is 2.34. The predicted molar refractivity (Wildman–Crippen MR) is 78.4 cm³/mol. The molecule has 5 heteroatoms. The molecule has 1 aliphatic heterocycles. The number of rotatable bonds is 5. The van der Waals surface area contributed by atoms with Crippen LogP contribution in [0.15, 0.2) is 24.3 Å². The van der Waals surface area contributed by atoms with E-state index in [1.54, 1.807) is 0 Å². The molecule has 1 aliphatic rings. The van der Waals surface area contributed by atoms with E-state index in [9.17, 15) is 9.90 Å². The first kappa shape index (κ1) is 15.0. The summed E-state index contributed by atoms with van der Waals surface area (Å²) >= 11 is 0. The molecule has 0 aromatic heterocycles. The minimum absolute atomic E-state index is 0.677. The smallest absolute Gasteiger partial charge is 0.326 e. The van der Waals surface area contributed by atoms with Crippen LogP contribution in [0.2, 0.25) is 0 Å². The van der Waals surface area contributed by atoms with Crippen molar-refractivity contribution in [2.24, 2.45) is 0 Å². The van der Waals surface area contributed by atoms with Crippen LogP contribution in [0.25, 0.3) is 0 Å². The van der Waals surface area contributed by atoms with Crippen LogP contribution >= 0.6 is 0 Å². The van der Waals surface area contributed by atoms with Crippen molar-refractivity contribution in [1.82, 2.24) is 15.3 Å². The van der Waals surface area contributed by atoms with Crippen molar-refractivity contribution in [3.8, 4) is 0 Å². The lowest BCUT2D eigenvalue weighted by molar-refractivity contribution is -0.141. The molecule has 1 fully saturated rings. The van der Waals surface area contributed by atoms with E-state index in [4.69, 9.17) is 0 Å². The number of nitrogens with one attached hydrogen (secondary N) is 1. The highest BCUT2D eigenvalue weighted by Crippen LogP contribution is 2.16. The minimum Gasteiger partial charge on any atom is -0.480 e. The Labute approximate surface area is 120 Å². The van der Waals surface area contributed by atoms with Gasteiger partial charge in [0.15, 0.2) is 0 Å². The Morgan fingerprint density at radius 3 is 2.35 bits per heavy atom. The van der Waals surface area contributed by atoms with E-state index in [-0.39, 0.29) is 0 Å². The summed E-state index contributed by atoms with van der Waals surface area (Å²) in [4.78, 5) is 13.7. The van der Waals surface area contributed by atoms with Gasteiger partial charge in [0.2, 0.25) is 0 Å². The van der Waals surface area contributed by atoms with E-state index in [1.165, 1.54) is 5.56 Å². The fourth-order valence-electron chi connectivity index (χ4n) is 2.34. The third-order valence-electron chi connectivity index (χ3n) is 3.78. The molecule has 1 aromatic rings. The molecule has 2 rings (SSSR count). The summed E-state index contributed by atoms with van der Waals surface area (Å²) in [5.74, 6) is -0.840. The first-order valence-corrected chi connectivity index (χ1v) is 7.11. The molecule has 0 spiro atoms. The maximum Gasteiger partial charge on any atom is 0.326 e. The number of carboxylic acids is 1. The molecule has 0 bridgehead atoms. The molecule has 110 valence electrons. The lowest BCUT2D eigenvalue weighted by atomic mass is 10.0. The Morgan fingerprint density at radius 2 is 1.85 bits per heavy atom. The molecule has 2 N–H and O–H groups in total. The molecule has 0 radical (unpaired) electrons.